The van der Waals surface area contributed by atoms with E-state index in [9.17, 15) is 13.2 Å². The Kier molecular flexibility index (Phi) is 7.45. The predicted molar refractivity (Wildman–Crippen MR) is 136 cm³/mol. The molecule has 0 radical (unpaired) electrons. The van der Waals surface area contributed by atoms with Crippen LogP contribution in [0.4, 0.5) is 5.69 Å². The Balaban J connectivity index is 1.70. The number of halogens is 1. The molecular weight excluding hydrogens is 492 g/mol. The number of aromatic nitrogens is 2. The van der Waals surface area contributed by atoms with E-state index in [0.29, 0.717) is 28.4 Å². The summed E-state index contributed by atoms with van der Waals surface area (Å²) in [5.41, 5.74) is 2.54. The van der Waals surface area contributed by atoms with Crippen LogP contribution in [0.15, 0.2) is 21.5 Å². The van der Waals surface area contributed by atoms with Crippen molar-refractivity contribution in [3.05, 3.63) is 33.7 Å². The summed E-state index contributed by atoms with van der Waals surface area (Å²) in [4.78, 5) is 27.1. The number of nitrogens with zero attached hydrogens (tertiary/aromatic N) is 3. The molecule has 2 aromatic heterocycles. The van der Waals surface area contributed by atoms with Crippen molar-refractivity contribution < 1.29 is 13.2 Å². The van der Waals surface area contributed by atoms with Crippen molar-refractivity contribution in [2.45, 2.75) is 64.1 Å². The van der Waals surface area contributed by atoms with Gasteiger partial charge in [0.05, 0.1) is 29.9 Å². The second-order valence-corrected chi connectivity index (χ2v) is 13.2. The van der Waals surface area contributed by atoms with E-state index in [1.807, 2.05) is 19.9 Å². The number of carbonyl (C=O) groups excluding carboxylic acids is 1. The van der Waals surface area contributed by atoms with E-state index >= 15 is 0 Å². The third kappa shape index (κ3) is 5.21. The van der Waals surface area contributed by atoms with Crippen LogP contribution in [0.5, 0.6) is 0 Å². The van der Waals surface area contributed by atoms with E-state index in [4.69, 9.17) is 16.6 Å². The van der Waals surface area contributed by atoms with Gasteiger partial charge < -0.3 is 5.32 Å². The van der Waals surface area contributed by atoms with Crippen LogP contribution < -0.4 is 5.32 Å². The molecule has 10 heteroatoms. The van der Waals surface area contributed by atoms with Gasteiger partial charge in [0.1, 0.15) is 14.4 Å². The Bertz CT molecular complexity index is 1220. The summed E-state index contributed by atoms with van der Waals surface area (Å²) in [7, 11) is -3.32. The fraction of sp³-hybridized carbons (Fsp3) is 0.583. The normalized spacial score (nSPS) is 23.2. The number of nitrogens with one attached hydrogen (secondary N) is 1. The SMILES string of the molecule is CCc1cc2c(nc1Cl)CC(C(C)C1CC1)C(C)C(=O)C(=NCc1ncc(S(=O)(=O)CC)s1)N2. The van der Waals surface area contributed by atoms with Gasteiger partial charge in [-0.05, 0) is 55.1 Å². The number of thiazole rings is 1. The molecule has 0 aromatic carbocycles. The maximum absolute atomic E-state index is 13.6. The molecule has 34 heavy (non-hydrogen) atoms. The number of sulfone groups is 1. The van der Waals surface area contributed by atoms with E-state index in [-0.39, 0.29) is 40.0 Å². The second kappa shape index (κ2) is 10.0. The molecular formula is C24H31ClN4O3S2. The Morgan fingerprint density at radius 1 is 1.32 bits per heavy atom. The maximum atomic E-state index is 13.6. The number of rotatable bonds is 7. The molecule has 1 aliphatic carbocycles. The lowest BCUT2D eigenvalue weighted by molar-refractivity contribution is -0.118. The zero-order valence-electron chi connectivity index (χ0n) is 20.0. The summed E-state index contributed by atoms with van der Waals surface area (Å²) >= 11 is 7.56. The molecule has 0 bridgehead atoms. The molecule has 1 aliphatic heterocycles. The summed E-state index contributed by atoms with van der Waals surface area (Å²) in [5, 5.41) is 4.30. The first-order valence-corrected chi connectivity index (χ1v) is 14.7. The smallest absolute Gasteiger partial charge is 0.200 e. The van der Waals surface area contributed by atoms with Crippen molar-refractivity contribution in [2.75, 3.05) is 11.1 Å². The lowest BCUT2D eigenvalue weighted by Crippen LogP contribution is -2.39. The molecule has 0 amide bonds. The minimum absolute atomic E-state index is 0.0212. The lowest BCUT2D eigenvalue weighted by atomic mass is 9.75. The van der Waals surface area contributed by atoms with Gasteiger partial charge in [-0.3, -0.25) is 9.79 Å². The first-order chi connectivity index (χ1) is 16.1. The minimum Gasteiger partial charge on any atom is -0.336 e. The molecule has 184 valence electrons. The quantitative estimate of drug-likeness (QED) is 0.514. The monoisotopic (exact) mass is 522 g/mol. The number of anilines is 1. The van der Waals surface area contributed by atoms with E-state index in [2.05, 4.69) is 22.2 Å². The molecule has 3 unspecified atom stereocenters. The van der Waals surface area contributed by atoms with Crippen molar-refractivity contribution in [1.82, 2.24) is 9.97 Å². The Morgan fingerprint density at radius 3 is 2.71 bits per heavy atom. The largest absolute Gasteiger partial charge is 0.336 e. The van der Waals surface area contributed by atoms with E-state index in [1.165, 1.54) is 19.0 Å². The highest BCUT2D eigenvalue weighted by atomic mass is 35.5. The Hall–Kier alpha value is -1.84. The zero-order chi connectivity index (χ0) is 24.6. The number of fused-ring (bicyclic) bond motifs is 1. The fourth-order valence-electron chi connectivity index (χ4n) is 4.61. The summed E-state index contributed by atoms with van der Waals surface area (Å²) < 4.78 is 24.5. The summed E-state index contributed by atoms with van der Waals surface area (Å²) in [6, 6.07) is 1.97. The van der Waals surface area contributed by atoms with Gasteiger partial charge in [0.25, 0.3) is 0 Å². The maximum Gasteiger partial charge on any atom is 0.200 e. The molecule has 1 saturated carbocycles. The number of amidine groups is 1. The van der Waals surface area contributed by atoms with Crippen molar-refractivity contribution in [1.29, 1.82) is 0 Å². The lowest BCUT2D eigenvalue weighted by Gasteiger charge is -2.32. The number of Topliss-reactive ketones (excluding diaryl/α,β-unsaturated/α-hetero) is 1. The first kappa shape index (κ1) is 25.3. The van der Waals surface area contributed by atoms with Crippen LogP contribution in [-0.4, -0.2) is 35.8 Å². The van der Waals surface area contributed by atoms with Gasteiger partial charge in [-0.1, -0.05) is 39.3 Å². The molecule has 1 fully saturated rings. The van der Waals surface area contributed by atoms with Crippen LogP contribution in [0.25, 0.3) is 0 Å². The predicted octanol–water partition coefficient (Wildman–Crippen LogP) is 4.98. The minimum atomic E-state index is -3.32. The van der Waals surface area contributed by atoms with Gasteiger partial charge in [-0.25, -0.2) is 18.4 Å². The fourth-order valence-corrected chi connectivity index (χ4v) is 7.12. The van der Waals surface area contributed by atoms with Crippen molar-refractivity contribution in [3.8, 4) is 0 Å². The number of carbonyl (C=O) groups is 1. The van der Waals surface area contributed by atoms with E-state index in [1.54, 1.807) is 6.92 Å². The molecule has 4 rings (SSSR count). The van der Waals surface area contributed by atoms with Gasteiger partial charge in [0, 0.05) is 5.92 Å². The summed E-state index contributed by atoms with van der Waals surface area (Å²) in [6.45, 7) is 7.97. The van der Waals surface area contributed by atoms with Crippen LogP contribution >= 0.6 is 22.9 Å². The second-order valence-electron chi connectivity index (χ2n) is 9.27. The van der Waals surface area contributed by atoms with Gasteiger partial charge in [0.15, 0.2) is 15.7 Å². The number of aliphatic imine (C=N–C) groups is 1. The molecule has 0 saturated heterocycles. The number of hydrogen-bond acceptors (Lipinski definition) is 7. The number of pyridine rings is 1. The topological polar surface area (TPSA) is 101 Å². The molecule has 1 N–H and O–H groups in total. The molecule has 2 aliphatic rings. The molecule has 0 spiro atoms. The molecule has 3 atom stereocenters. The van der Waals surface area contributed by atoms with Crippen molar-refractivity contribution in [2.24, 2.45) is 28.7 Å². The average molecular weight is 523 g/mol. The third-order valence-electron chi connectivity index (χ3n) is 7.11. The van der Waals surface area contributed by atoms with Crippen LogP contribution in [0.3, 0.4) is 0 Å². The average Bonchev–Trinajstić information content (AvgIpc) is 3.56. The van der Waals surface area contributed by atoms with Crippen molar-refractivity contribution in [3.63, 3.8) is 0 Å². The van der Waals surface area contributed by atoms with Gasteiger partial charge >= 0.3 is 0 Å². The van der Waals surface area contributed by atoms with E-state index < -0.39 is 9.84 Å². The highest BCUT2D eigenvalue weighted by Gasteiger charge is 2.40. The molecule has 7 nitrogen and oxygen atoms in total. The first-order valence-electron chi connectivity index (χ1n) is 11.9. The Morgan fingerprint density at radius 2 is 2.06 bits per heavy atom. The van der Waals surface area contributed by atoms with E-state index in [0.717, 1.165) is 34.7 Å². The number of ketones is 1. The highest BCUT2D eigenvalue weighted by molar-refractivity contribution is 7.93. The van der Waals surface area contributed by atoms with Crippen LogP contribution in [0, 0.1) is 23.7 Å². The standard InChI is InChI=1S/C24H31ClN4O3S2/c1-5-15-9-18-19(28-23(15)25)10-17(13(3)16-7-8-16)14(4)22(30)24(29-18)27-11-20-26-12-21(33-20)34(31,32)6-2/h9,12-14,16-17H,5-8,10-11H2,1-4H3,(H,27,29). The van der Waals surface area contributed by atoms with Gasteiger partial charge in [-0.2, -0.15) is 0 Å². The highest BCUT2D eigenvalue weighted by Crippen LogP contribution is 2.44. The summed E-state index contributed by atoms with van der Waals surface area (Å²) in [6.07, 6.45) is 5.21. The number of aryl methyl sites for hydroxylation is 1. The van der Waals surface area contributed by atoms with Crippen LogP contribution in [0.2, 0.25) is 5.15 Å². The summed E-state index contributed by atoms with van der Waals surface area (Å²) in [5.74, 6) is 1.22. The van der Waals surface area contributed by atoms with Crippen LogP contribution in [-0.2, 0) is 34.0 Å². The van der Waals surface area contributed by atoms with Gasteiger partial charge in [-0.15, -0.1) is 11.3 Å². The van der Waals surface area contributed by atoms with Crippen molar-refractivity contribution >= 4 is 50.1 Å². The third-order valence-corrected chi connectivity index (χ3v) is 10.7. The van der Waals surface area contributed by atoms with Crippen LogP contribution in [0.1, 0.15) is 56.8 Å². The number of hydrogen-bond donors (Lipinski definition) is 1. The molecule has 3 heterocycles. The zero-order valence-corrected chi connectivity index (χ0v) is 22.4. The molecule has 2 aromatic rings. The van der Waals surface area contributed by atoms with Gasteiger partial charge in [0.2, 0.25) is 5.78 Å². The Labute approximate surface area is 210 Å².